The quantitative estimate of drug-likeness (QED) is 0.654. The van der Waals surface area contributed by atoms with Gasteiger partial charge >= 0.3 is 0 Å². The van der Waals surface area contributed by atoms with Crippen LogP contribution in [0.2, 0.25) is 5.02 Å². The monoisotopic (exact) mass is 517 g/mol. The Labute approximate surface area is 196 Å². The molecule has 2 aromatic rings. The van der Waals surface area contributed by atoms with Crippen LogP contribution in [0.1, 0.15) is 31.7 Å². The summed E-state index contributed by atoms with van der Waals surface area (Å²) in [7, 11) is -7.82. The first-order chi connectivity index (χ1) is 15.5. The van der Waals surface area contributed by atoms with Crippen LogP contribution < -0.4 is 9.46 Å². The number of hydrogen-bond acceptors (Lipinski definition) is 5. The van der Waals surface area contributed by atoms with Crippen molar-refractivity contribution in [1.82, 2.24) is 4.72 Å². The summed E-state index contributed by atoms with van der Waals surface area (Å²) in [6, 6.07) is 6.90. The summed E-state index contributed by atoms with van der Waals surface area (Å²) < 4.78 is 89.9. The van der Waals surface area contributed by atoms with Gasteiger partial charge in [-0.3, -0.25) is 0 Å². The van der Waals surface area contributed by atoms with E-state index in [2.05, 4.69) is 4.72 Å². The fourth-order valence-electron chi connectivity index (χ4n) is 5.81. The van der Waals surface area contributed by atoms with Gasteiger partial charge in [0.15, 0.2) is 21.4 Å². The molecule has 2 fully saturated rings. The minimum atomic E-state index is -4.27. The van der Waals surface area contributed by atoms with E-state index in [9.17, 15) is 21.2 Å². The number of sulfone groups is 1. The number of ether oxygens (including phenoxy) is 1. The van der Waals surface area contributed by atoms with E-state index in [-0.39, 0.29) is 36.3 Å². The van der Waals surface area contributed by atoms with Crippen molar-refractivity contribution in [3.8, 4) is 5.75 Å². The van der Waals surface area contributed by atoms with Crippen molar-refractivity contribution < 1.29 is 30.4 Å². The first-order valence-corrected chi connectivity index (χ1v) is 14.0. The van der Waals surface area contributed by atoms with Crippen molar-refractivity contribution in [3.05, 3.63) is 58.6 Å². The van der Waals surface area contributed by atoms with Crippen molar-refractivity contribution in [2.45, 2.75) is 47.1 Å². The number of fused-ring (bicyclic) bond motifs is 5. The normalized spacial score (nSPS) is 32.7. The number of sulfonamides is 1. The predicted molar refractivity (Wildman–Crippen MR) is 118 cm³/mol. The van der Waals surface area contributed by atoms with Crippen molar-refractivity contribution in [2.24, 2.45) is 11.8 Å². The van der Waals surface area contributed by atoms with E-state index in [4.69, 9.17) is 16.3 Å². The lowest BCUT2D eigenvalue weighted by Crippen LogP contribution is -2.63. The molecule has 0 radical (unpaired) electrons. The van der Waals surface area contributed by atoms with Gasteiger partial charge in [0.25, 0.3) is 0 Å². The van der Waals surface area contributed by atoms with Crippen LogP contribution in [0.5, 0.6) is 5.75 Å². The molecular weight excluding hydrogens is 496 g/mol. The summed E-state index contributed by atoms with van der Waals surface area (Å²) in [5.74, 6) is -3.32. The van der Waals surface area contributed by atoms with E-state index in [1.807, 2.05) is 0 Å². The number of hydrogen-bond donors (Lipinski definition) is 1. The predicted octanol–water partition coefficient (Wildman–Crippen LogP) is 3.79. The zero-order chi connectivity index (χ0) is 23.8. The lowest BCUT2D eigenvalue weighted by atomic mass is 9.64. The van der Waals surface area contributed by atoms with Crippen molar-refractivity contribution in [3.63, 3.8) is 0 Å². The van der Waals surface area contributed by atoms with Gasteiger partial charge in [0.05, 0.1) is 22.3 Å². The van der Waals surface area contributed by atoms with Crippen LogP contribution in [0.4, 0.5) is 8.78 Å². The molecule has 1 aliphatic carbocycles. The van der Waals surface area contributed by atoms with Gasteiger partial charge in [0, 0.05) is 17.0 Å². The standard InChI is InChI=1S/C22H22ClF2NO5S2/c1-12-10-15-16-11-31-21-18(25)7-6-17(24)20(21)22(16,9-8-19(15)26-33(12,29)30)32(27,28)14-4-2-13(23)3-5-14/h2-7,12,15-16,19,26H,8-11H2,1H3/t12-,15-,16-,19+,22?/m1/s1. The van der Waals surface area contributed by atoms with Crippen molar-refractivity contribution in [2.75, 3.05) is 6.61 Å². The molecule has 0 aromatic heterocycles. The van der Waals surface area contributed by atoms with Crippen molar-refractivity contribution >= 4 is 31.5 Å². The maximum atomic E-state index is 15.4. The molecule has 178 valence electrons. The summed E-state index contributed by atoms with van der Waals surface area (Å²) in [5.41, 5.74) is -0.312. The molecule has 11 heteroatoms. The van der Waals surface area contributed by atoms with E-state index in [0.29, 0.717) is 5.02 Å². The van der Waals surface area contributed by atoms with E-state index in [1.54, 1.807) is 6.92 Å². The summed E-state index contributed by atoms with van der Waals surface area (Å²) >= 11 is 5.95. The zero-order valence-corrected chi connectivity index (χ0v) is 20.0. The van der Waals surface area contributed by atoms with Gasteiger partial charge in [-0.1, -0.05) is 11.6 Å². The highest BCUT2D eigenvalue weighted by molar-refractivity contribution is 7.92. The Kier molecular flexibility index (Phi) is 5.32. The molecule has 0 amide bonds. The molecule has 5 rings (SSSR count). The number of benzene rings is 2. The number of halogens is 3. The van der Waals surface area contributed by atoms with Gasteiger partial charge in [0.2, 0.25) is 10.0 Å². The average molecular weight is 518 g/mol. The van der Waals surface area contributed by atoms with E-state index in [0.717, 1.165) is 12.1 Å². The Morgan fingerprint density at radius 3 is 2.48 bits per heavy atom. The number of nitrogens with one attached hydrogen (secondary N) is 1. The highest BCUT2D eigenvalue weighted by atomic mass is 35.5. The van der Waals surface area contributed by atoms with Crippen LogP contribution in [-0.4, -0.2) is 34.7 Å². The molecule has 1 unspecified atom stereocenters. The molecule has 5 atom stereocenters. The summed E-state index contributed by atoms with van der Waals surface area (Å²) in [4.78, 5) is -0.0590. The molecule has 33 heavy (non-hydrogen) atoms. The topological polar surface area (TPSA) is 89.5 Å². The minimum Gasteiger partial charge on any atom is -0.490 e. The molecule has 2 aliphatic heterocycles. The highest BCUT2D eigenvalue weighted by Gasteiger charge is 2.64. The molecule has 3 aliphatic rings. The van der Waals surface area contributed by atoms with Gasteiger partial charge in [-0.25, -0.2) is 30.3 Å². The summed E-state index contributed by atoms with van der Waals surface area (Å²) in [6.07, 6.45) is 0.269. The van der Waals surface area contributed by atoms with Gasteiger partial charge in [-0.2, -0.15) is 0 Å². The fourth-order valence-corrected chi connectivity index (χ4v) is 9.76. The van der Waals surface area contributed by atoms with Crippen LogP contribution in [-0.2, 0) is 24.6 Å². The molecule has 1 saturated heterocycles. The zero-order valence-electron chi connectivity index (χ0n) is 17.6. The van der Waals surface area contributed by atoms with E-state index < -0.39 is 65.1 Å². The molecule has 2 aromatic carbocycles. The first kappa shape index (κ1) is 23.0. The average Bonchev–Trinajstić information content (AvgIpc) is 2.76. The van der Waals surface area contributed by atoms with Crippen molar-refractivity contribution in [1.29, 1.82) is 0 Å². The lowest BCUT2D eigenvalue weighted by Gasteiger charge is -2.54. The Morgan fingerprint density at radius 2 is 1.79 bits per heavy atom. The van der Waals surface area contributed by atoms with E-state index >= 15 is 4.39 Å². The number of rotatable bonds is 2. The third kappa shape index (κ3) is 3.25. The molecule has 0 bridgehead atoms. The fraction of sp³-hybridized carbons (Fsp3) is 0.455. The highest BCUT2D eigenvalue weighted by Crippen LogP contribution is 2.59. The summed E-state index contributed by atoms with van der Waals surface area (Å²) in [6.45, 7) is 1.39. The second kappa shape index (κ2) is 7.63. The van der Waals surface area contributed by atoms with E-state index in [1.165, 1.54) is 24.3 Å². The first-order valence-electron chi connectivity index (χ1n) is 10.6. The van der Waals surface area contributed by atoms with Crippen LogP contribution in [0.15, 0.2) is 41.3 Å². The SMILES string of the molecule is C[C@@H]1C[C@H]2[C@H](CCC3(S(=O)(=O)c4ccc(Cl)cc4)c4c(F)ccc(F)c4OC[C@H]23)NS1(=O)=O. The second-order valence-corrected chi connectivity index (χ2v) is 13.8. The molecule has 1 N–H and O–H groups in total. The maximum absolute atomic E-state index is 15.4. The largest absolute Gasteiger partial charge is 0.490 e. The molecule has 1 saturated carbocycles. The smallest absolute Gasteiger partial charge is 0.214 e. The third-order valence-corrected chi connectivity index (χ3v) is 12.1. The van der Waals surface area contributed by atoms with Gasteiger partial charge in [-0.15, -0.1) is 0 Å². The Hall–Kier alpha value is -1.75. The maximum Gasteiger partial charge on any atom is 0.214 e. The van der Waals surface area contributed by atoms with Crippen LogP contribution in [0.25, 0.3) is 0 Å². The van der Waals surface area contributed by atoms with Gasteiger partial charge in [0.1, 0.15) is 10.6 Å². The third-order valence-electron chi connectivity index (χ3n) is 7.40. The van der Waals surface area contributed by atoms with Gasteiger partial charge in [-0.05, 0) is 68.5 Å². The minimum absolute atomic E-state index is 0.0590. The molecule has 6 nitrogen and oxygen atoms in total. The molecule has 0 spiro atoms. The molecule has 2 heterocycles. The summed E-state index contributed by atoms with van der Waals surface area (Å²) in [5, 5.41) is -0.418. The molecular formula is C22H22ClF2NO5S2. The van der Waals surface area contributed by atoms with Gasteiger partial charge < -0.3 is 4.74 Å². The van der Waals surface area contributed by atoms with Crippen LogP contribution >= 0.6 is 11.6 Å². The second-order valence-electron chi connectivity index (χ2n) is 9.02. The Balaban J connectivity index is 1.76. The lowest BCUT2D eigenvalue weighted by molar-refractivity contribution is 0.0500. The Morgan fingerprint density at radius 1 is 1.12 bits per heavy atom. The van der Waals surface area contributed by atoms with Crippen LogP contribution in [0, 0.1) is 23.5 Å². The Bertz CT molecular complexity index is 1330. The van der Waals surface area contributed by atoms with Crippen LogP contribution in [0.3, 0.4) is 0 Å².